The molecule has 0 fully saturated rings. The van der Waals surface area contributed by atoms with Crippen LogP contribution in [0.25, 0.3) is 22.3 Å². The third-order valence-corrected chi connectivity index (χ3v) is 6.82. The minimum Gasteiger partial charge on any atom is -0.350 e. The van der Waals surface area contributed by atoms with E-state index in [2.05, 4.69) is 108 Å². The Morgan fingerprint density at radius 3 is 1.92 bits per heavy atom. The molecule has 0 aliphatic carbocycles. The van der Waals surface area contributed by atoms with Crippen LogP contribution in [0, 0.1) is 11.3 Å². The molecule has 182 valence electrons. The molecule has 0 radical (unpaired) electrons. The number of nitriles is 1. The lowest BCUT2D eigenvalue weighted by Gasteiger charge is -2.33. The molecule has 0 aromatic heterocycles. The molecule has 2 N–H and O–H groups in total. The Morgan fingerprint density at radius 2 is 1.21 bits per heavy atom. The normalized spacial score (nSPS) is 16.7. The van der Waals surface area contributed by atoms with E-state index in [9.17, 15) is 5.26 Å². The van der Waals surface area contributed by atoms with E-state index in [1.807, 2.05) is 42.5 Å². The van der Waals surface area contributed by atoms with Crippen molar-refractivity contribution in [3.05, 3.63) is 156 Å². The Bertz CT molecular complexity index is 1630. The van der Waals surface area contributed by atoms with Gasteiger partial charge in [0.1, 0.15) is 18.2 Å². The highest BCUT2D eigenvalue weighted by Crippen LogP contribution is 2.33. The van der Waals surface area contributed by atoms with Gasteiger partial charge in [0.05, 0.1) is 11.6 Å². The number of hydrogen-bond acceptors (Lipinski definition) is 4. The highest BCUT2D eigenvalue weighted by molar-refractivity contribution is 6.05. The van der Waals surface area contributed by atoms with Gasteiger partial charge in [-0.25, -0.2) is 4.99 Å². The molecule has 0 amide bonds. The van der Waals surface area contributed by atoms with E-state index < -0.39 is 0 Å². The van der Waals surface area contributed by atoms with Crippen molar-refractivity contribution >= 4 is 5.84 Å². The third-order valence-electron chi connectivity index (χ3n) is 6.82. The largest absolute Gasteiger partial charge is 0.350 e. The van der Waals surface area contributed by atoms with Crippen molar-refractivity contribution in [3.63, 3.8) is 0 Å². The van der Waals surface area contributed by atoms with Gasteiger partial charge in [-0.05, 0) is 45.5 Å². The second-order valence-corrected chi connectivity index (χ2v) is 9.23. The quantitative estimate of drug-likeness (QED) is 0.273. The van der Waals surface area contributed by atoms with Crippen molar-refractivity contribution in [2.24, 2.45) is 4.99 Å². The van der Waals surface area contributed by atoms with Crippen LogP contribution in [0.5, 0.6) is 0 Å². The van der Waals surface area contributed by atoms with Crippen LogP contribution >= 0.6 is 0 Å². The summed E-state index contributed by atoms with van der Waals surface area (Å²) in [7, 11) is 0. The monoisotopic (exact) mass is 490 g/mol. The Kier molecular flexibility index (Phi) is 6.51. The first-order valence-electron chi connectivity index (χ1n) is 12.7. The number of nitrogens with one attached hydrogen (secondary N) is 2. The van der Waals surface area contributed by atoms with Crippen molar-refractivity contribution < 1.29 is 0 Å². The first kappa shape index (κ1) is 23.4. The summed E-state index contributed by atoms with van der Waals surface area (Å²) in [5, 5.41) is 16.9. The van der Waals surface area contributed by atoms with Crippen molar-refractivity contribution in [2.75, 3.05) is 0 Å². The fourth-order valence-electron chi connectivity index (χ4n) is 4.99. The SMILES string of the molecule is N#Cc1cccc(C2N=C(c3ccccc3-c3ccccc3)NC(c3ccccc3-c3ccccc3)N2)c1. The highest BCUT2D eigenvalue weighted by atomic mass is 15.3. The smallest absolute Gasteiger partial charge is 0.132 e. The predicted octanol–water partition coefficient (Wildman–Crippen LogP) is 7.23. The summed E-state index contributed by atoms with van der Waals surface area (Å²) in [5.74, 6) is 0.809. The summed E-state index contributed by atoms with van der Waals surface area (Å²) in [4.78, 5) is 5.15. The summed E-state index contributed by atoms with van der Waals surface area (Å²) < 4.78 is 0. The number of hydrogen-bond donors (Lipinski definition) is 2. The maximum Gasteiger partial charge on any atom is 0.132 e. The van der Waals surface area contributed by atoms with Gasteiger partial charge in [0.25, 0.3) is 0 Å². The van der Waals surface area contributed by atoms with Crippen molar-refractivity contribution in [1.29, 1.82) is 5.26 Å². The van der Waals surface area contributed by atoms with E-state index in [1.54, 1.807) is 0 Å². The molecule has 0 spiro atoms. The van der Waals surface area contributed by atoms with Gasteiger partial charge >= 0.3 is 0 Å². The van der Waals surface area contributed by atoms with Gasteiger partial charge in [0, 0.05) is 5.56 Å². The summed E-state index contributed by atoms with van der Waals surface area (Å²) >= 11 is 0. The zero-order valence-corrected chi connectivity index (χ0v) is 20.8. The zero-order valence-electron chi connectivity index (χ0n) is 20.8. The molecule has 1 aliphatic rings. The van der Waals surface area contributed by atoms with Crippen LogP contribution in [0.2, 0.25) is 0 Å². The topological polar surface area (TPSA) is 60.2 Å². The number of benzene rings is 5. The highest BCUT2D eigenvalue weighted by Gasteiger charge is 2.28. The van der Waals surface area contributed by atoms with Crippen LogP contribution in [-0.4, -0.2) is 5.84 Å². The predicted molar refractivity (Wildman–Crippen MR) is 153 cm³/mol. The lowest BCUT2D eigenvalue weighted by Crippen LogP contribution is -2.45. The molecule has 1 aliphatic heterocycles. The third kappa shape index (κ3) is 4.71. The van der Waals surface area contributed by atoms with E-state index >= 15 is 0 Å². The van der Waals surface area contributed by atoms with Crippen LogP contribution in [0.1, 0.15) is 34.6 Å². The Balaban J connectivity index is 1.49. The molecule has 5 aromatic rings. The Hall–Kier alpha value is -4.98. The number of aliphatic imine (C=N–C) groups is 1. The molecule has 5 aromatic carbocycles. The molecular formula is C34H26N4. The second-order valence-electron chi connectivity index (χ2n) is 9.23. The maximum absolute atomic E-state index is 9.53. The van der Waals surface area contributed by atoms with E-state index in [1.165, 1.54) is 0 Å². The van der Waals surface area contributed by atoms with E-state index in [0.717, 1.165) is 44.8 Å². The van der Waals surface area contributed by atoms with Gasteiger partial charge < -0.3 is 5.32 Å². The Labute approximate surface area is 223 Å². The molecule has 0 saturated heterocycles. The lowest BCUT2D eigenvalue weighted by molar-refractivity contribution is 0.409. The van der Waals surface area contributed by atoms with E-state index in [0.29, 0.717) is 5.56 Å². The van der Waals surface area contributed by atoms with Crippen LogP contribution in [0.4, 0.5) is 0 Å². The molecule has 38 heavy (non-hydrogen) atoms. The number of nitrogens with zero attached hydrogens (tertiary/aromatic N) is 2. The van der Waals surface area contributed by atoms with Crippen molar-refractivity contribution in [2.45, 2.75) is 12.3 Å². The van der Waals surface area contributed by atoms with Gasteiger partial charge in [-0.15, -0.1) is 0 Å². The molecule has 0 saturated carbocycles. The summed E-state index contributed by atoms with van der Waals surface area (Å²) in [6.07, 6.45) is -0.546. The summed E-state index contributed by atoms with van der Waals surface area (Å²) in [5.41, 5.74) is 8.28. The molecule has 2 unspecified atom stereocenters. The van der Waals surface area contributed by atoms with Crippen LogP contribution in [0.15, 0.2) is 138 Å². The number of amidine groups is 1. The van der Waals surface area contributed by atoms with Crippen LogP contribution < -0.4 is 10.6 Å². The standard InChI is InChI=1S/C34H26N4/c35-23-24-12-11-17-27(22-24)32-36-33(30-20-9-7-18-28(30)25-13-3-1-4-14-25)38-34(37-32)31-21-10-8-19-29(31)26-15-5-2-6-16-26/h1-22,32-33,36H,(H,37,38). The average molecular weight is 491 g/mol. The fourth-order valence-corrected chi connectivity index (χ4v) is 4.99. The Morgan fingerprint density at radius 1 is 0.605 bits per heavy atom. The second kappa shape index (κ2) is 10.6. The first-order valence-corrected chi connectivity index (χ1v) is 12.7. The molecule has 2 atom stereocenters. The maximum atomic E-state index is 9.53. The van der Waals surface area contributed by atoms with Gasteiger partial charge in [-0.1, -0.05) is 121 Å². The molecule has 1 heterocycles. The molecule has 0 bridgehead atoms. The number of rotatable bonds is 5. The minimum atomic E-state index is -0.336. The van der Waals surface area contributed by atoms with Gasteiger partial charge in [-0.2, -0.15) is 5.26 Å². The van der Waals surface area contributed by atoms with E-state index in [4.69, 9.17) is 4.99 Å². The van der Waals surface area contributed by atoms with Gasteiger partial charge in [0.2, 0.25) is 0 Å². The van der Waals surface area contributed by atoms with Gasteiger partial charge in [-0.3, -0.25) is 5.32 Å². The summed E-state index contributed by atoms with van der Waals surface area (Å²) in [6, 6.07) is 47.5. The van der Waals surface area contributed by atoms with Crippen molar-refractivity contribution in [1.82, 2.24) is 10.6 Å². The minimum absolute atomic E-state index is 0.210. The molecule has 6 rings (SSSR count). The molecular weight excluding hydrogens is 464 g/mol. The van der Waals surface area contributed by atoms with E-state index in [-0.39, 0.29) is 12.3 Å². The molecule has 4 nitrogen and oxygen atoms in total. The van der Waals surface area contributed by atoms with Crippen LogP contribution in [-0.2, 0) is 0 Å². The summed E-state index contributed by atoms with van der Waals surface area (Å²) in [6.45, 7) is 0. The first-order chi connectivity index (χ1) is 18.8. The van der Waals surface area contributed by atoms with Crippen LogP contribution in [0.3, 0.4) is 0 Å². The lowest BCUT2D eigenvalue weighted by atomic mass is 9.95. The average Bonchev–Trinajstić information content (AvgIpc) is 3.02. The zero-order chi connectivity index (χ0) is 25.7. The fraction of sp³-hybridized carbons (Fsp3) is 0.0588. The van der Waals surface area contributed by atoms with Crippen molar-refractivity contribution in [3.8, 4) is 28.3 Å². The molecule has 4 heteroatoms. The van der Waals surface area contributed by atoms with Gasteiger partial charge in [0.15, 0.2) is 0 Å².